The molecular formula is C30H31BrCl2N2O7. The molecule has 224 valence electrons. The molecule has 0 unspecified atom stereocenters. The van der Waals surface area contributed by atoms with Crippen LogP contribution in [0.25, 0.3) is 0 Å². The van der Waals surface area contributed by atoms with E-state index in [-0.39, 0.29) is 48.8 Å². The van der Waals surface area contributed by atoms with Crippen molar-refractivity contribution in [1.29, 1.82) is 0 Å². The molecule has 5 rings (SSSR count). The fourth-order valence-corrected chi connectivity index (χ4v) is 8.69. The Morgan fingerprint density at radius 2 is 1.81 bits per heavy atom. The standard InChI is InChI=1S/C30H31BrCl2N2O7/c1-2-7-16-8-6-9-19(24(16)38)23-17-11-12-18-22(26(40)34(25(18)39)13-5-3-4-10-21(36)37)20(17)14-29(32)27(41)35(15-31)28(42)30(23,29)33/h2,6,8-9,11,18,20,22-23,38H,1,3-5,7,10,12-15H2,(H,36,37)/t18-,20+,22-,23+,29+,30-/m0/s1. The lowest BCUT2D eigenvalue weighted by atomic mass is 9.56. The highest BCUT2D eigenvalue weighted by Gasteiger charge is 2.76. The topological polar surface area (TPSA) is 132 Å². The lowest BCUT2D eigenvalue weighted by Crippen LogP contribution is -2.60. The van der Waals surface area contributed by atoms with Crippen LogP contribution < -0.4 is 0 Å². The summed E-state index contributed by atoms with van der Waals surface area (Å²) in [5, 5.41) is 20.3. The van der Waals surface area contributed by atoms with Crippen LogP contribution in [0.2, 0.25) is 0 Å². The number of nitrogens with zero attached hydrogens (tertiary/aromatic N) is 2. The van der Waals surface area contributed by atoms with E-state index in [1.54, 1.807) is 24.3 Å². The second-order valence-electron chi connectivity index (χ2n) is 11.4. The van der Waals surface area contributed by atoms with Gasteiger partial charge in [0.25, 0.3) is 11.8 Å². The summed E-state index contributed by atoms with van der Waals surface area (Å²) in [6, 6.07) is 5.09. The molecule has 9 nitrogen and oxygen atoms in total. The molecule has 12 heteroatoms. The zero-order valence-electron chi connectivity index (χ0n) is 22.7. The van der Waals surface area contributed by atoms with Crippen LogP contribution in [0.3, 0.4) is 0 Å². The number of fused-ring (bicyclic) bond motifs is 4. The summed E-state index contributed by atoms with van der Waals surface area (Å²) in [6.07, 6.45) is 5.37. The molecule has 3 fully saturated rings. The summed E-state index contributed by atoms with van der Waals surface area (Å²) < 4.78 is 0. The quantitative estimate of drug-likeness (QED) is 0.122. The average molecular weight is 682 g/mol. The van der Waals surface area contributed by atoms with E-state index >= 15 is 0 Å². The van der Waals surface area contributed by atoms with E-state index in [0.29, 0.717) is 42.4 Å². The van der Waals surface area contributed by atoms with Crippen LogP contribution in [-0.4, -0.2) is 71.4 Å². The fourth-order valence-electron chi connectivity index (χ4n) is 7.27. The molecule has 0 aromatic heterocycles. The molecule has 0 spiro atoms. The molecule has 1 saturated carbocycles. The predicted molar refractivity (Wildman–Crippen MR) is 158 cm³/mol. The number of carboxylic acid groups (broad SMARTS) is 1. The van der Waals surface area contributed by atoms with Gasteiger partial charge in [-0.3, -0.25) is 33.8 Å². The van der Waals surface area contributed by atoms with E-state index in [9.17, 15) is 29.1 Å². The van der Waals surface area contributed by atoms with Gasteiger partial charge < -0.3 is 10.2 Å². The normalized spacial score (nSPS) is 32.0. The van der Waals surface area contributed by atoms with Gasteiger partial charge in [0, 0.05) is 24.4 Å². The molecule has 42 heavy (non-hydrogen) atoms. The van der Waals surface area contributed by atoms with Crippen LogP contribution in [0.5, 0.6) is 5.75 Å². The molecule has 2 aliphatic carbocycles. The van der Waals surface area contributed by atoms with Crippen LogP contribution in [0.4, 0.5) is 0 Å². The first-order chi connectivity index (χ1) is 19.9. The Bertz CT molecular complexity index is 1420. The van der Waals surface area contributed by atoms with Crippen LogP contribution in [0.1, 0.15) is 55.6 Å². The Hall–Kier alpha value is -2.69. The summed E-state index contributed by atoms with van der Waals surface area (Å²) in [5.74, 6) is -6.27. The Morgan fingerprint density at radius 3 is 2.48 bits per heavy atom. The number of alkyl halides is 3. The van der Waals surface area contributed by atoms with Crippen LogP contribution in [-0.2, 0) is 30.4 Å². The van der Waals surface area contributed by atoms with E-state index in [4.69, 9.17) is 28.3 Å². The van der Waals surface area contributed by atoms with Crippen molar-refractivity contribution in [2.75, 3.05) is 12.0 Å². The summed E-state index contributed by atoms with van der Waals surface area (Å²) >= 11 is 17.6. The number of likely N-dealkylation sites (tertiary alicyclic amines) is 2. The number of carbonyl (C=O) groups is 5. The van der Waals surface area contributed by atoms with Gasteiger partial charge >= 0.3 is 5.97 Å². The number of hydrogen-bond acceptors (Lipinski definition) is 6. The molecule has 2 aliphatic heterocycles. The van der Waals surface area contributed by atoms with Gasteiger partial charge in [0.2, 0.25) is 11.8 Å². The maximum Gasteiger partial charge on any atom is 0.303 e. The van der Waals surface area contributed by atoms with Crippen molar-refractivity contribution >= 4 is 68.7 Å². The fraction of sp³-hybridized carbons (Fsp3) is 0.500. The molecule has 4 aliphatic rings. The summed E-state index contributed by atoms with van der Waals surface area (Å²) in [5.41, 5.74) is 1.34. The minimum atomic E-state index is -1.99. The summed E-state index contributed by atoms with van der Waals surface area (Å²) in [6.45, 7) is 3.91. The number of aliphatic carboxylic acids is 1. The van der Waals surface area contributed by atoms with Crippen LogP contribution in [0, 0.1) is 17.8 Å². The van der Waals surface area contributed by atoms with Gasteiger partial charge in [0.05, 0.1) is 17.3 Å². The highest BCUT2D eigenvalue weighted by molar-refractivity contribution is 9.09. The van der Waals surface area contributed by atoms with Crippen molar-refractivity contribution < 1.29 is 34.2 Å². The van der Waals surface area contributed by atoms with Gasteiger partial charge in [0.1, 0.15) is 5.75 Å². The van der Waals surface area contributed by atoms with Gasteiger partial charge in [-0.1, -0.05) is 58.3 Å². The van der Waals surface area contributed by atoms with Gasteiger partial charge in [-0.05, 0) is 43.6 Å². The van der Waals surface area contributed by atoms with E-state index in [1.165, 1.54) is 4.90 Å². The maximum absolute atomic E-state index is 13.9. The van der Waals surface area contributed by atoms with Gasteiger partial charge in [-0.15, -0.1) is 29.8 Å². The number of aromatic hydroxyl groups is 1. The molecule has 1 aromatic rings. The number of unbranched alkanes of at least 4 members (excludes halogenated alkanes) is 2. The Morgan fingerprint density at radius 1 is 1.07 bits per heavy atom. The lowest BCUT2D eigenvalue weighted by molar-refractivity contribution is -0.141. The number of carbonyl (C=O) groups excluding carboxylic acids is 4. The van der Waals surface area contributed by atoms with Crippen molar-refractivity contribution in [3.05, 3.63) is 53.6 Å². The second-order valence-corrected chi connectivity index (χ2v) is 13.1. The molecular weight excluding hydrogens is 651 g/mol. The van der Waals surface area contributed by atoms with E-state index in [1.807, 2.05) is 6.08 Å². The number of benzene rings is 1. The highest BCUT2D eigenvalue weighted by atomic mass is 79.9. The second kappa shape index (κ2) is 11.4. The third-order valence-corrected chi connectivity index (χ3v) is 11.1. The first-order valence-corrected chi connectivity index (χ1v) is 15.8. The summed E-state index contributed by atoms with van der Waals surface area (Å²) in [7, 11) is 0. The average Bonchev–Trinajstić information content (AvgIpc) is 3.27. The Kier molecular flexibility index (Phi) is 8.37. The molecule has 2 saturated heterocycles. The SMILES string of the molecule is C=CCc1cccc([C@H]2C3=CC[C@@H]4C(=O)N(CCCCCC(=O)O)C(=O)[C@@H]4[C@@H]3C[C@@]3(Cl)C(=O)N(CBr)C(=O)[C@@]23Cl)c1O. The number of allylic oxidation sites excluding steroid dienone is 3. The minimum absolute atomic E-state index is 0.0148. The Balaban J connectivity index is 1.57. The number of carboxylic acids is 1. The molecule has 0 radical (unpaired) electrons. The van der Waals surface area contributed by atoms with Crippen molar-refractivity contribution in [2.24, 2.45) is 17.8 Å². The van der Waals surface area contributed by atoms with Crippen LogP contribution >= 0.6 is 39.1 Å². The van der Waals surface area contributed by atoms with E-state index in [0.717, 1.165) is 4.90 Å². The van der Waals surface area contributed by atoms with Crippen molar-refractivity contribution in [3.8, 4) is 5.75 Å². The van der Waals surface area contributed by atoms with Gasteiger partial charge in [-0.25, -0.2) is 0 Å². The van der Waals surface area contributed by atoms with Crippen molar-refractivity contribution in [3.63, 3.8) is 0 Å². The predicted octanol–water partition coefficient (Wildman–Crippen LogP) is 4.48. The maximum atomic E-state index is 13.9. The third-order valence-electron chi connectivity index (χ3n) is 9.20. The first kappa shape index (κ1) is 30.8. The number of para-hydroxylation sites is 1. The monoisotopic (exact) mass is 680 g/mol. The lowest BCUT2D eigenvalue weighted by Gasteiger charge is -2.50. The van der Waals surface area contributed by atoms with Crippen molar-refractivity contribution in [1.82, 2.24) is 9.80 Å². The van der Waals surface area contributed by atoms with E-state index < -0.39 is 51.2 Å². The number of phenolic OH excluding ortho intramolecular Hbond substituents is 1. The highest BCUT2D eigenvalue weighted by Crippen LogP contribution is 2.66. The number of imide groups is 2. The van der Waals surface area contributed by atoms with Crippen LogP contribution in [0.15, 0.2) is 42.5 Å². The first-order valence-electron chi connectivity index (χ1n) is 13.9. The molecule has 2 heterocycles. The molecule has 2 N–H and O–H groups in total. The van der Waals surface area contributed by atoms with Crippen molar-refractivity contribution in [2.45, 2.75) is 60.6 Å². The number of amides is 4. The number of phenols is 1. The van der Waals surface area contributed by atoms with Gasteiger partial charge in [-0.2, -0.15) is 0 Å². The third kappa shape index (κ3) is 4.44. The van der Waals surface area contributed by atoms with E-state index in [2.05, 4.69) is 22.5 Å². The zero-order chi connectivity index (χ0) is 30.6. The number of hydrogen-bond donors (Lipinski definition) is 2. The van der Waals surface area contributed by atoms with Gasteiger partial charge in [0.15, 0.2) is 9.75 Å². The molecule has 4 amide bonds. The molecule has 0 bridgehead atoms. The minimum Gasteiger partial charge on any atom is -0.507 e. The largest absolute Gasteiger partial charge is 0.507 e. The molecule has 1 aromatic carbocycles. The summed E-state index contributed by atoms with van der Waals surface area (Å²) in [4.78, 5) is 64.0. The Labute approximate surface area is 261 Å². The zero-order valence-corrected chi connectivity index (χ0v) is 25.8. The smallest absolute Gasteiger partial charge is 0.303 e. The number of rotatable bonds is 10. The number of halogens is 3. The molecule has 6 atom stereocenters.